The van der Waals surface area contributed by atoms with Gasteiger partial charge in [-0.25, -0.2) is 21.9 Å². The van der Waals surface area contributed by atoms with E-state index in [-0.39, 0.29) is 17.9 Å². The Balaban J connectivity index is 1.65. The Hall–Kier alpha value is -0.270. The molecule has 0 aromatic rings. The minimum Gasteiger partial charge on any atom is -0.381 e. The number of nitrogens with one attached hydrogen (secondary N) is 1. The van der Waals surface area contributed by atoms with Crippen LogP contribution in [0.3, 0.4) is 0 Å². The van der Waals surface area contributed by atoms with Crippen molar-refractivity contribution in [2.75, 3.05) is 19.0 Å². The van der Waals surface area contributed by atoms with Gasteiger partial charge in [-0.2, -0.15) is 0 Å². The smallest absolute Gasteiger partial charge is 0.255 e. The monoisotopic (exact) mass is 309 g/mol. The number of hydrogen-bond donors (Lipinski definition) is 1. The molecule has 3 aliphatic rings. The van der Waals surface area contributed by atoms with Gasteiger partial charge in [-0.15, -0.1) is 0 Å². The molecule has 3 fully saturated rings. The van der Waals surface area contributed by atoms with Gasteiger partial charge in [0.05, 0.1) is 11.2 Å². The first-order valence-electron chi connectivity index (χ1n) is 7.15. The fourth-order valence-electron chi connectivity index (χ4n) is 3.35. The molecule has 0 aromatic carbocycles. The van der Waals surface area contributed by atoms with Gasteiger partial charge in [0, 0.05) is 25.2 Å². The van der Waals surface area contributed by atoms with Crippen LogP contribution < -0.4 is 4.72 Å². The third-order valence-electron chi connectivity index (χ3n) is 5.03. The number of sulfonamides is 1. The van der Waals surface area contributed by atoms with Crippen molar-refractivity contribution in [2.24, 2.45) is 11.3 Å². The van der Waals surface area contributed by atoms with Gasteiger partial charge >= 0.3 is 0 Å². The zero-order valence-corrected chi connectivity index (χ0v) is 12.4. The van der Waals surface area contributed by atoms with Crippen molar-refractivity contribution in [2.45, 2.75) is 50.5 Å². The molecule has 1 aliphatic heterocycles. The summed E-state index contributed by atoms with van der Waals surface area (Å²) in [4.78, 5) is 0. The summed E-state index contributed by atoms with van der Waals surface area (Å²) in [6, 6.07) is 0. The van der Waals surface area contributed by atoms with Crippen LogP contribution in [-0.2, 0) is 14.8 Å². The lowest BCUT2D eigenvalue weighted by Gasteiger charge is -2.31. The molecule has 0 aromatic heterocycles. The van der Waals surface area contributed by atoms with Gasteiger partial charge in [0.2, 0.25) is 10.0 Å². The van der Waals surface area contributed by atoms with Crippen LogP contribution in [0.15, 0.2) is 0 Å². The van der Waals surface area contributed by atoms with Crippen molar-refractivity contribution >= 4 is 10.0 Å². The molecule has 20 heavy (non-hydrogen) atoms. The van der Waals surface area contributed by atoms with Crippen LogP contribution in [0.1, 0.15) is 39.0 Å². The zero-order valence-electron chi connectivity index (χ0n) is 11.6. The molecule has 1 saturated heterocycles. The van der Waals surface area contributed by atoms with Crippen LogP contribution in [-0.4, -0.2) is 38.8 Å². The molecular formula is C13H21F2NO3S. The van der Waals surface area contributed by atoms with E-state index in [0.717, 1.165) is 25.7 Å². The average Bonchev–Trinajstić information content (AvgIpc) is 3.18. The summed E-state index contributed by atoms with van der Waals surface area (Å²) >= 11 is 0. The lowest BCUT2D eigenvalue weighted by Crippen LogP contribution is -2.46. The molecule has 4 nitrogen and oxygen atoms in total. The molecule has 2 saturated carbocycles. The van der Waals surface area contributed by atoms with E-state index in [1.807, 2.05) is 0 Å². The van der Waals surface area contributed by atoms with Crippen LogP contribution in [0, 0.1) is 11.3 Å². The maximum atomic E-state index is 13.2. The molecule has 2 aliphatic carbocycles. The van der Waals surface area contributed by atoms with Crippen LogP contribution in [0.5, 0.6) is 0 Å². The fourth-order valence-corrected chi connectivity index (χ4v) is 5.56. The molecule has 1 unspecified atom stereocenters. The molecule has 0 radical (unpaired) electrons. The van der Waals surface area contributed by atoms with E-state index < -0.39 is 27.1 Å². The molecule has 3 rings (SSSR count). The van der Waals surface area contributed by atoms with E-state index in [1.165, 1.54) is 6.92 Å². The van der Waals surface area contributed by atoms with E-state index in [1.54, 1.807) is 0 Å². The first-order valence-corrected chi connectivity index (χ1v) is 8.81. The highest BCUT2D eigenvalue weighted by Crippen LogP contribution is 2.61. The van der Waals surface area contributed by atoms with Gasteiger partial charge in [-0.1, -0.05) is 6.92 Å². The summed E-state index contributed by atoms with van der Waals surface area (Å²) in [7, 11) is -3.66. The quantitative estimate of drug-likeness (QED) is 0.844. The molecule has 0 amide bonds. The topological polar surface area (TPSA) is 55.4 Å². The van der Waals surface area contributed by atoms with Crippen molar-refractivity contribution in [1.82, 2.24) is 4.72 Å². The standard InChI is InChI=1S/C13H21F2NO3S/c1-11(8-13(11,14)15)9-20(17,18)16-12(4-5-12)10-2-6-19-7-3-10/h10,16H,2-9H2,1H3. The highest BCUT2D eigenvalue weighted by molar-refractivity contribution is 7.89. The maximum absolute atomic E-state index is 13.2. The maximum Gasteiger partial charge on any atom is 0.255 e. The summed E-state index contributed by atoms with van der Waals surface area (Å²) in [6.07, 6.45) is 2.98. The minimum atomic E-state index is -3.66. The summed E-state index contributed by atoms with van der Waals surface area (Å²) in [6.45, 7) is 2.66. The molecule has 116 valence electrons. The van der Waals surface area contributed by atoms with Crippen LogP contribution in [0.4, 0.5) is 8.78 Å². The fraction of sp³-hybridized carbons (Fsp3) is 1.00. The van der Waals surface area contributed by atoms with E-state index in [2.05, 4.69) is 4.72 Å². The number of halogens is 2. The van der Waals surface area contributed by atoms with Gasteiger partial charge in [0.15, 0.2) is 0 Å². The lowest BCUT2D eigenvalue weighted by molar-refractivity contribution is 0.0528. The molecule has 1 heterocycles. The Morgan fingerprint density at radius 3 is 2.25 bits per heavy atom. The van der Waals surface area contributed by atoms with E-state index in [4.69, 9.17) is 4.74 Å². The second-order valence-corrected chi connectivity index (χ2v) is 8.57. The predicted octanol–water partition coefficient (Wildman–Crippen LogP) is 1.91. The third kappa shape index (κ3) is 2.60. The van der Waals surface area contributed by atoms with Gasteiger partial charge in [-0.05, 0) is 31.6 Å². The van der Waals surface area contributed by atoms with E-state index in [0.29, 0.717) is 13.2 Å². The summed E-state index contributed by atoms with van der Waals surface area (Å²) < 4.78 is 58.8. The third-order valence-corrected chi connectivity index (χ3v) is 6.76. The van der Waals surface area contributed by atoms with E-state index >= 15 is 0 Å². The highest BCUT2D eigenvalue weighted by Gasteiger charge is 2.69. The van der Waals surface area contributed by atoms with Crippen LogP contribution >= 0.6 is 0 Å². The Bertz CT molecular complexity index is 498. The Morgan fingerprint density at radius 2 is 1.80 bits per heavy atom. The molecular weight excluding hydrogens is 288 g/mol. The Morgan fingerprint density at radius 1 is 1.25 bits per heavy atom. The Labute approximate surface area is 118 Å². The lowest BCUT2D eigenvalue weighted by atomic mass is 9.90. The Kier molecular flexibility index (Phi) is 3.20. The van der Waals surface area contributed by atoms with Crippen molar-refractivity contribution in [3.8, 4) is 0 Å². The highest BCUT2D eigenvalue weighted by atomic mass is 32.2. The normalized spacial score (nSPS) is 35.8. The predicted molar refractivity (Wildman–Crippen MR) is 70.1 cm³/mol. The van der Waals surface area contributed by atoms with Crippen LogP contribution in [0.25, 0.3) is 0 Å². The van der Waals surface area contributed by atoms with Gasteiger partial charge < -0.3 is 4.74 Å². The summed E-state index contributed by atoms with van der Waals surface area (Å²) in [5, 5.41) is 0. The van der Waals surface area contributed by atoms with Crippen molar-refractivity contribution in [3.05, 3.63) is 0 Å². The van der Waals surface area contributed by atoms with Gasteiger partial charge in [0.1, 0.15) is 0 Å². The first kappa shape index (κ1) is 14.7. The van der Waals surface area contributed by atoms with Gasteiger partial charge in [0.25, 0.3) is 5.92 Å². The molecule has 0 spiro atoms. The second kappa shape index (κ2) is 4.36. The second-order valence-electron chi connectivity index (χ2n) is 6.85. The van der Waals surface area contributed by atoms with Crippen molar-refractivity contribution in [3.63, 3.8) is 0 Å². The number of ether oxygens (including phenoxy) is 1. The largest absolute Gasteiger partial charge is 0.381 e. The molecule has 7 heteroatoms. The summed E-state index contributed by atoms with van der Waals surface area (Å²) in [5.74, 6) is -3.03. The number of rotatable bonds is 5. The minimum absolute atomic E-state index is 0.276. The first-order chi connectivity index (χ1) is 9.18. The number of alkyl halides is 2. The molecule has 1 atom stereocenters. The SMILES string of the molecule is CC1(CS(=O)(=O)NC2(C3CCOCC3)CC2)CC1(F)F. The number of hydrogen-bond acceptors (Lipinski definition) is 3. The molecule has 1 N–H and O–H groups in total. The van der Waals surface area contributed by atoms with Gasteiger partial charge in [-0.3, -0.25) is 0 Å². The average molecular weight is 309 g/mol. The zero-order chi connectivity index (χ0) is 14.6. The van der Waals surface area contributed by atoms with Crippen LogP contribution in [0.2, 0.25) is 0 Å². The van der Waals surface area contributed by atoms with Crippen molar-refractivity contribution < 1.29 is 21.9 Å². The van der Waals surface area contributed by atoms with E-state index in [9.17, 15) is 17.2 Å². The van der Waals surface area contributed by atoms with Crippen molar-refractivity contribution in [1.29, 1.82) is 0 Å². The molecule has 0 bridgehead atoms. The summed E-state index contributed by atoms with van der Waals surface area (Å²) in [5.41, 5.74) is -1.77.